The molecule has 2 rings (SSSR count). The van der Waals surface area contributed by atoms with Crippen LogP contribution in [0.2, 0.25) is 0 Å². The van der Waals surface area contributed by atoms with Crippen molar-refractivity contribution in [1.82, 2.24) is 19.7 Å². The Morgan fingerprint density at radius 1 is 1.44 bits per heavy atom. The van der Waals surface area contributed by atoms with Gasteiger partial charge in [0.25, 0.3) is 0 Å². The quantitative estimate of drug-likeness (QED) is 0.858. The van der Waals surface area contributed by atoms with E-state index in [2.05, 4.69) is 15.1 Å². The molecule has 7 heteroatoms. The van der Waals surface area contributed by atoms with E-state index in [4.69, 9.17) is 5.11 Å². The smallest absolute Gasteiger partial charge is 0.357 e. The summed E-state index contributed by atoms with van der Waals surface area (Å²) in [5.41, 5.74) is -0.0450. The lowest BCUT2D eigenvalue weighted by atomic mass is 10.5. The van der Waals surface area contributed by atoms with E-state index < -0.39 is 5.97 Å². The molecule has 16 heavy (non-hydrogen) atoms. The molecule has 2 aromatic heterocycles. The SMILES string of the molecule is Cn1cc(Sc2nccnc2C(=O)O)cn1. The number of nitrogens with zero attached hydrogens (tertiary/aromatic N) is 4. The Hall–Kier alpha value is -1.89. The molecule has 0 aliphatic carbocycles. The Bertz CT molecular complexity index is 526. The van der Waals surface area contributed by atoms with Crippen LogP contribution in [0.25, 0.3) is 0 Å². The summed E-state index contributed by atoms with van der Waals surface area (Å²) in [7, 11) is 1.79. The second kappa shape index (κ2) is 4.31. The lowest BCUT2D eigenvalue weighted by molar-refractivity contribution is 0.0685. The van der Waals surface area contributed by atoms with Gasteiger partial charge in [0.15, 0.2) is 5.69 Å². The number of aromatic nitrogens is 4. The number of rotatable bonds is 3. The van der Waals surface area contributed by atoms with Gasteiger partial charge in [-0.25, -0.2) is 14.8 Å². The first-order valence-electron chi connectivity index (χ1n) is 4.37. The molecule has 0 aromatic carbocycles. The van der Waals surface area contributed by atoms with Crippen molar-refractivity contribution in [2.24, 2.45) is 7.05 Å². The van der Waals surface area contributed by atoms with Gasteiger partial charge in [-0.3, -0.25) is 4.68 Å². The highest BCUT2D eigenvalue weighted by Crippen LogP contribution is 2.26. The minimum Gasteiger partial charge on any atom is -0.476 e. The zero-order valence-electron chi connectivity index (χ0n) is 8.36. The monoisotopic (exact) mass is 236 g/mol. The molecule has 2 heterocycles. The maximum absolute atomic E-state index is 10.9. The van der Waals surface area contributed by atoms with Crippen LogP contribution < -0.4 is 0 Å². The van der Waals surface area contributed by atoms with Crippen molar-refractivity contribution >= 4 is 17.7 Å². The van der Waals surface area contributed by atoms with Crippen LogP contribution in [0.1, 0.15) is 10.5 Å². The molecule has 0 unspecified atom stereocenters. The molecule has 82 valence electrons. The number of carbonyl (C=O) groups is 1. The number of aryl methyl sites for hydroxylation is 1. The fraction of sp³-hybridized carbons (Fsp3) is 0.111. The second-order valence-electron chi connectivity index (χ2n) is 2.97. The van der Waals surface area contributed by atoms with Gasteiger partial charge in [-0.1, -0.05) is 11.8 Å². The normalized spacial score (nSPS) is 10.3. The molecular formula is C9H8N4O2S. The van der Waals surface area contributed by atoms with E-state index in [-0.39, 0.29) is 5.69 Å². The lowest BCUT2D eigenvalue weighted by Gasteiger charge is -2.00. The van der Waals surface area contributed by atoms with Gasteiger partial charge in [-0.05, 0) is 0 Å². The van der Waals surface area contributed by atoms with Gasteiger partial charge < -0.3 is 5.11 Å². The first-order chi connectivity index (χ1) is 7.66. The molecule has 0 spiro atoms. The Morgan fingerprint density at radius 2 is 2.19 bits per heavy atom. The van der Waals surface area contributed by atoms with Crippen molar-refractivity contribution in [2.45, 2.75) is 9.92 Å². The highest BCUT2D eigenvalue weighted by atomic mass is 32.2. The van der Waals surface area contributed by atoms with Crippen molar-refractivity contribution in [3.8, 4) is 0 Å². The molecule has 6 nitrogen and oxygen atoms in total. The topological polar surface area (TPSA) is 80.9 Å². The van der Waals surface area contributed by atoms with Crippen molar-refractivity contribution in [1.29, 1.82) is 0 Å². The maximum atomic E-state index is 10.9. The van der Waals surface area contributed by atoms with E-state index >= 15 is 0 Å². The van der Waals surface area contributed by atoms with E-state index in [1.54, 1.807) is 24.1 Å². The highest BCUT2D eigenvalue weighted by molar-refractivity contribution is 7.99. The molecule has 0 bridgehead atoms. The van der Waals surface area contributed by atoms with Crippen LogP contribution in [0, 0.1) is 0 Å². The van der Waals surface area contributed by atoms with Crippen molar-refractivity contribution < 1.29 is 9.90 Å². The van der Waals surface area contributed by atoms with Crippen molar-refractivity contribution in [3.63, 3.8) is 0 Å². The van der Waals surface area contributed by atoms with Gasteiger partial charge in [0.2, 0.25) is 0 Å². The molecule has 0 radical (unpaired) electrons. The largest absolute Gasteiger partial charge is 0.476 e. The maximum Gasteiger partial charge on any atom is 0.357 e. The molecule has 2 aromatic rings. The summed E-state index contributed by atoms with van der Waals surface area (Å²) in [6, 6.07) is 0. The van der Waals surface area contributed by atoms with Gasteiger partial charge in [0.05, 0.1) is 11.1 Å². The minimum atomic E-state index is -1.08. The Kier molecular flexibility index (Phi) is 2.86. The van der Waals surface area contributed by atoms with Gasteiger partial charge >= 0.3 is 5.97 Å². The standard InChI is InChI=1S/C9H8N4O2S/c1-13-5-6(4-12-13)16-8-7(9(14)15)10-2-3-11-8/h2-5H,1H3,(H,14,15). The van der Waals surface area contributed by atoms with Crippen LogP contribution in [0.15, 0.2) is 34.7 Å². The number of hydrogen-bond donors (Lipinski definition) is 1. The second-order valence-corrected chi connectivity index (χ2v) is 4.03. The third kappa shape index (κ3) is 2.19. The van der Waals surface area contributed by atoms with E-state index in [0.717, 1.165) is 4.90 Å². The van der Waals surface area contributed by atoms with Crippen LogP contribution >= 0.6 is 11.8 Å². The lowest BCUT2D eigenvalue weighted by Crippen LogP contribution is -2.03. The van der Waals surface area contributed by atoms with Gasteiger partial charge in [0, 0.05) is 25.6 Å². The molecule has 0 aliphatic heterocycles. The van der Waals surface area contributed by atoms with Crippen LogP contribution in [0.3, 0.4) is 0 Å². The van der Waals surface area contributed by atoms with Crippen LogP contribution in [-0.4, -0.2) is 30.8 Å². The van der Waals surface area contributed by atoms with Crippen LogP contribution in [0.5, 0.6) is 0 Å². The molecule has 1 N–H and O–H groups in total. The molecule has 0 amide bonds. The summed E-state index contributed by atoms with van der Waals surface area (Å²) in [6.45, 7) is 0. The average molecular weight is 236 g/mol. The molecule has 0 aliphatic rings. The number of aromatic carboxylic acids is 1. The summed E-state index contributed by atoms with van der Waals surface area (Å²) in [4.78, 5) is 19.5. The summed E-state index contributed by atoms with van der Waals surface area (Å²) >= 11 is 1.23. The molecule has 0 saturated heterocycles. The fourth-order valence-electron chi connectivity index (χ4n) is 1.11. The minimum absolute atomic E-state index is 0.0450. The van der Waals surface area contributed by atoms with Gasteiger partial charge in [0.1, 0.15) is 5.03 Å². The van der Waals surface area contributed by atoms with E-state index in [1.807, 2.05) is 0 Å². The predicted octanol–water partition coefficient (Wildman–Crippen LogP) is 1.06. The first kappa shape index (κ1) is 10.6. The summed E-state index contributed by atoms with van der Waals surface area (Å²) in [6.07, 6.45) is 6.25. The zero-order chi connectivity index (χ0) is 11.5. The van der Waals surface area contributed by atoms with Gasteiger partial charge in [-0.15, -0.1) is 0 Å². The molecule has 0 atom stereocenters. The molecule has 0 fully saturated rings. The van der Waals surface area contributed by atoms with Gasteiger partial charge in [-0.2, -0.15) is 5.10 Å². The molecule has 0 saturated carbocycles. The summed E-state index contributed by atoms with van der Waals surface area (Å²) in [5.74, 6) is -1.08. The third-order valence-corrected chi connectivity index (χ3v) is 2.70. The fourth-order valence-corrected chi connectivity index (χ4v) is 1.99. The molecular weight excluding hydrogens is 228 g/mol. The van der Waals surface area contributed by atoms with Crippen LogP contribution in [-0.2, 0) is 7.05 Å². The van der Waals surface area contributed by atoms with Crippen LogP contribution in [0.4, 0.5) is 0 Å². The highest BCUT2D eigenvalue weighted by Gasteiger charge is 2.14. The average Bonchev–Trinajstić information content (AvgIpc) is 2.64. The number of hydrogen-bond acceptors (Lipinski definition) is 5. The Balaban J connectivity index is 2.31. The third-order valence-electron chi connectivity index (χ3n) is 1.76. The van der Waals surface area contributed by atoms with Crippen molar-refractivity contribution in [2.75, 3.05) is 0 Å². The predicted molar refractivity (Wildman–Crippen MR) is 56.3 cm³/mol. The van der Waals surface area contributed by atoms with E-state index in [0.29, 0.717) is 5.03 Å². The Labute approximate surface area is 95.3 Å². The zero-order valence-corrected chi connectivity index (χ0v) is 9.18. The Morgan fingerprint density at radius 3 is 2.81 bits per heavy atom. The summed E-state index contributed by atoms with van der Waals surface area (Å²) in [5, 5.41) is 13.3. The first-order valence-corrected chi connectivity index (χ1v) is 5.19. The number of carboxylic acids is 1. The van der Waals surface area contributed by atoms with Crippen molar-refractivity contribution in [3.05, 3.63) is 30.5 Å². The van der Waals surface area contributed by atoms with E-state index in [9.17, 15) is 4.79 Å². The number of carboxylic acid groups (broad SMARTS) is 1. The van der Waals surface area contributed by atoms with E-state index in [1.165, 1.54) is 24.2 Å². The summed E-state index contributed by atoms with van der Waals surface area (Å²) < 4.78 is 1.64.